The molecule has 40 heavy (non-hydrogen) atoms. The highest BCUT2D eigenvalue weighted by molar-refractivity contribution is 5.90. The molecule has 1 aromatic carbocycles. The van der Waals surface area contributed by atoms with Crippen LogP contribution >= 0.6 is 0 Å². The number of fused-ring (bicyclic) bond motifs is 3. The first-order chi connectivity index (χ1) is 19.4. The van der Waals surface area contributed by atoms with Crippen molar-refractivity contribution in [2.45, 2.75) is 13.0 Å². The predicted octanol–water partition coefficient (Wildman–Crippen LogP) is 2.17. The predicted molar refractivity (Wildman–Crippen MR) is 150 cm³/mol. The molecule has 0 spiro atoms. The number of hydrogen-bond donors (Lipinski definition) is 1. The van der Waals surface area contributed by atoms with E-state index in [0.717, 1.165) is 31.1 Å². The summed E-state index contributed by atoms with van der Waals surface area (Å²) in [7, 11) is 4.05. The smallest absolute Gasteiger partial charge is 0.247 e. The maximum Gasteiger partial charge on any atom is 0.247 e. The van der Waals surface area contributed by atoms with Crippen LogP contribution in [0.2, 0.25) is 0 Å². The SMILES string of the molecule is CC(C(=O)N1CCN(c2ccc(OCCN(C)C)cc2)CC1)n1cc2c(nc(N)n3nc(-c4ccco4)nc23)n1. The Labute approximate surface area is 230 Å². The van der Waals surface area contributed by atoms with Crippen LogP contribution in [-0.2, 0) is 4.79 Å². The third-order valence-electron chi connectivity index (χ3n) is 7.09. The van der Waals surface area contributed by atoms with Gasteiger partial charge >= 0.3 is 0 Å². The second-order valence-corrected chi connectivity index (χ2v) is 10.1. The average Bonchev–Trinajstić information content (AvgIpc) is 3.72. The maximum atomic E-state index is 13.4. The minimum absolute atomic E-state index is 0.00108. The molecule has 1 atom stereocenters. The minimum Gasteiger partial charge on any atom is -0.492 e. The van der Waals surface area contributed by atoms with Gasteiger partial charge in [0.1, 0.15) is 18.4 Å². The van der Waals surface area contributed by atoms with E-state index in [1.54, 1.807) is 29.3 Å². The van der Waals surface area contributed by atoms with E-state index in [0.29, 0.717) is 48.0 Å². The number of carbonyl (C=O) groups excluding carboxylic acids is 1. The molecule has 1 fully saturated rings. The number of furan rings is 1. The van der Waals surface area contributed by atoms with Crippen molar-refractivity contribution in [3.05, 3.63) is 48.9 Å². The molecule has 4 aromatic heterocycles. The topological polar surface area (TPSA) is 136 Å². The number of amides is 1. The van der Waals surface area contributed by atoms with Crippen molar-refractivity contribution in [3.63, 3.8) is 0 Å². The van der Waals surface area contributed by atoms with Gasteiger partial charge in [-0.15, -0.1) is 5.10 Å². The Balaban J connectivity index is 1.12. The molecule has 1 saturated heterocycles. The lowest BCUT2D eigenvalue weighted by Crippen LogP contribution is -2.50. The number of nitrogens with two attached hydrogens (primary N) is 1. The molecule has 13 nitrogen and oxygen atoms in total. The molecular formula is C27H32N10O3. The van der Waals surface area contributed by atoms with E-state index in [2.05, 4.69) is 42.1 Å². The normalized spacial score (nSPS) is 14.9. The van der Waals surface area contributed by atoms with E-state index in [-0.39, 0.29) is 11.9 Å². The van der Waals surface area contributed by atoms with Gasteiger partial charge in [-0.1, -0.05) is 0 Å². The molecule has 2 N–H and O–H groups in total. The lowest BCUT2D eigenvalue weighted by molar-refractivity contribution is -0.134. The average molecular weight is 545 g/mol. The summed E-state index contributed by atoms with van der Waals surface area (Å²) in [6.45, 7) is 6.09. The molecule has 6 rings (SSSR count). The van der Waals surface area contributed by atoms with Gasteiger partial charge in [-0.2, -0.15) is 14.6 Å². The fourth-order valence-corrected chi connectivity index (χ4v) is 4.79. The lowest BCUT2D eigenvalue weighted by Gasteiger charge is -2.37. The highest BCUT2D eigenvalue weighted by atomic mass is 16.5. The number of hydrogen-bond acceptors (Lipinski definition) is 10. The summed E-state index contributed by atoms with van der Waals surface area (Å²) in [4.78, 5) is 28.7. The van der Waals surface area contributed by atoms with Crippen molar-refractivity contribution < 1.29 is 13.9 Å². The van der Waals surface area contributed by atoms with Crippen LogP contribution in [0, 0.1) is 0 Å². The van der Waals surface area contributed by atoms with Gasteiger partial charge in [-0.05, 0) is 57.4 Å². The van der Waals surface area contributed by atoms with Crippen LogP contribution in [-0.4, -0.2) is 98.5 Å². The molecular weight excluding hydrogens is 512 g/mol. The van der Waals surface area contributed by atoms with Crippen LogP contribution in [0.1, 0.15) is 13.0 Å². The van der Waals surface area contributed by atoms with Gasteiger partial charge < -0.3 is 29.6 Å². The minimum atomic E-state index is -0.520. The van der Waals surface area contributed by atoms with Crippen molar-refractivity contribution in [3.8, 4) is 17.3 Å². The van der Waals surface area contributed by atoms with Crippen molar-refractivity contribution in [1.29, 1.82) is 0 Å². The molecule has 5 aromatic rings. The van der Waals surface area contributed by atoms with E-state index in [9.17, 15) is 4.79 Å². The van der Waals surface area contributed by atoms with Crippen LogP contribution in [0.15, 0.2) is 53.3 Å². The number of ether oxygens (including phenoxy) is 1. The number of rotatable bonds is 8. The summed E-state index contributed by atoms with van der Waals surface area (Å²) in [5.74, 6) is 1.93. The molecule has 1 amide bonds. The Morgan fingerprint density at radius 3 is 2.58 bits per heavy atom. The zero-order valence-corrected chi connectivity index (χ0v) is 22.8. The molecule has 13 heteroatoms. The quantitative estimate of drug-likeness (QED) is 0.309. The highest BCUT2D eigenvalue weighted by Gasteiger charge is 2.27. The van der Waals surface area contributed by atoms with E-state index in [4.69, 9.17) is 14.9 Å². The van der Waals surface area contributed by atoms with Gasteiger partial charge in [0, 0.05) is 44.6 Å². The highest BCUT2D eigenvalue weighted by Crippen LogP contribution is 2.25. The van der Waals surface area contributed by atoms with Crippen LogP contribution in [0.25, 0.3) is 28.3 Å². The summed E-state index contributed by atoms with van der Waals surface area (Å²) in [5, 5.41) is 9.64. The summed E-state index contributed by atoms with van der Waals surface area (Å²) in [6.07, 6.45) is 3.33. The van der Waals surface area contributed by atoms with Crippen LogP contribution in [0.3, 0.4) is 0 Å². The maximum absolute atomic E-state index is 13.4. The number of nitrogens with zero attached hydrogens (tertiary/aromatic N) is 9. The zero-order valence-electron chi connectivity index (χ0n) is 22.8. The number of anilines is 2. The number of carbonyl (C=O) groups is 1. The molecule has 0 radical (unpaired) electrons. The molecule has 5 heterocycles. The summed E-state index contributed by atoms with van der Waals surface area (Å²) in [5.41, 5.74) is 8.16. The Morgan fingerprint density at radius 2 is 1.88 bits per heavy atom. The van der Waals surface area contributed by atoms with E-state index >= 15 is 0 Å². The molecule has 1 unspecified atom stereocenters. The Kier molecular flexibility index (Phi) is 6.72. The first-order valence-electron chi connectivity index (χ1n) is 13.2. The molecule has 0 bridgehead atoms. The first-order valence-corrected chi connectivity index (χ1v) is 13.2. The van der Waals surface area contributed by atoms with Crippen LogP contribution < -0.4 is 15.4 Å². The van der Waals surface area contributed by atoms with Crippen LogP contribution in [0.4, 0.5) is 11.6 Å². The number of aromatic nitrogens is 6. The standard InChI is InChI=1S/C27H32N10O3/c1-18(26(38)35-12-10-34(11-13-35)19-6-8-20(9-7-19)39-16-14-33(2)3)36-17-21-23(31-36)30-27(28)37-25(21)29-24(32-37)22-5-4-15-40-22/h4-9,15,17-18H,10-14,16H2,1-3H3,(H2,28,30,31). The van der Waals surface area contributed by atoms with E-state index < -0.39 is 6.04 Å². The summed E-state index contributed by atoms with van der Waals surface area (Å²) < 4.78 is 14.3. The zero-order chi connectivity index (χ0) is 27.8. The molecule has 1 aliphatic rings. The van der Waals surface area contributed by atoms with Gasteiger partial charge in [0.15, 0.2) is 17.1 Å². The van der Waals surface area contributed by atoms with Gasteiger partial charge in [-0.3, -0.25) is 9.48 Å². The first kappa shape index (κ1) is 25.6. The second-order valence-electron chi connectivity index (χ2n) is 10.1. The van der Waals surface area contributed by atoms with E-state index in [1.807, 2.05) is 38.1 Å². The van der Waals surface area contributed by atoms with E-state index in [1.165, 1.54) is 4.52 Å². The summed E-state index contributed by atoms with van der Waals surface area (Å²) >= 11 is 0. The second kappa shape index (κ2) is 10.5. The fraction of sp³-hybridized carbons (Fsp3) is 0.370. The van der Waals surface area contributed by atoms with Gasteiger partial charge in [-0.25, -0.2) is 4.98 Å². The summed E-state index contributed by atoms with van der Waals surface area (Å²) in [6, 6.07) is 11.2. The van der Waals surface area contributed by atoms with Crippen molar-refractivity contribution in [2.24, 2.45) is 0 Å². The number of likely N-dealkylation sites (N-methyl/N-ethyl adjacent to an activating group) is 1. The Hall–Kier alpha value is -4.65. The van der Waals surface area contributed by atoms with Gasteiger partial charge in [0.05, 0.1) is 11.6 Å². The van der Waals surface area contributed by atoms with Crippen LogP contribution in [0.5, 0.6) is 5.75 Å². The van der Waals surface area contributed by atoms with Gasteiger partial charge in [0.25, 0.3) is 0 Å². The lowest BCUT2D eigenvalue weighted by atomic mass is 10.2. The molecule has 0 saturated carbocycles. The number of benzene rings is 1. The number of nitrogen functional groups attached to an aromatic ring is 1. The van der Waals surface area contributed by atoms with Crippen molar-refractivity contribution in [1.82, 2.24) is 39.2 Å². The fourth-order valence-electron chi connectivity index (χ4n) is 4.79. The molecule has 208 valence electrons. The monoisotopic (exact) mass is 544 g/mol. The molecule has 0 aliphatic carbocycles. The number of piperazine rings is 1. The van der Waals surface area contributed by atoms with Gasteiger partial charge in [0.2, 0.25) is 17.7 Å². The molecule has 1 aliphatic heterocycles. The third kappa shape index (κ3) is 4.91. The third-order valence-corrected chi connectivity index (χ3v) is 7.09. The Bertz CT molecular complexity index is 1620. The largest absolute Gasteiger partial charge is 0.492 e. The van der Waals surface area contributed by atoms with Crippen molar-refractivity contribution in [2.75, 3.05) is 64.1 Å². The Morgan fingerprint density at radius 1 is 1.10 bits per heavy atom. The van der Waals surface area contributed by atoms with Crippen molar-refractivity contribution >= 4 is 34.2 Å².